The summed E-state index contributed by atoms with van der Waals surface area (Å²) in [6.07, 6.45) is 0.469. The van der Waals surface area contributed by atoms with Gasteiger partial charge in [0, 0.05) is 35.3 Å². The van der Waals surface area contributed by atoms with Gasteiger partial charge in [-0.1, -0.05) is 30.3 Å². The number of fused-ring (bicyclic) bond motifs is 1. The highest BCUT2D eigenvalue weighted by atomic mass is 32.2. The molecule has 0 saturated carbocycles. The molecule has 0 fully saturated rings. The summed E-state index contributed by atoms with van der Waals surface area (Å²) in [5, 5.41) is 0.712. The summed E-state index contributed by atoms with van der Waals surface area (Å²) in [6.45, 7) is 2.25. The quantitative estimate of drug-likeness (QED) is 0.424. The standard InChI is InChI=1S/C22H22N2O6S/c1-14(25)16-8-10-17(11-9-16)31(28,29)24(3)13-21(26)30-15(2)22(27)19-12-23-20-7-5-4-6-18(19)20/h4-12,15,23H,13H2,1-3H3. The fourth-order valence-electron chi connectivity index (χ4n) is 3.09. The molecule has 1 aromatic heterocycles. The van der Waals surface area contributed by atoms with Crippen molar-refractivity contribution < 1.29 is 27.5 Å². The number of hydrogen-bond donors (Lipinski definition) is 1. The predicted octanol–water partition coefficient (Wildman–Crippen LogP) is 2.81. The van der Waals surface area contributed by atoms with Gasteiger partial charge in [-0.3, -0.25) is 14.4 Å². The van der Waals surface area contributed by atoms with Crippen LogP contribution in [0.2, 0.25) is 0 Å². The number of para-hydroxylation sites is 1. The molecule has 31 heavy (non-hydrogen) atoms. The number of rotatable bonds is 8. The highest BCUT2D eigenvalue weighted by molar-refractivity contribution is 7.89. The maximum atomic E-state index is 12.7. The van der Waals surface area contributed by atoms with Crippen molar-refractivity contribution in [3.05, 3.63) is 65.9 Å². The lowest BCUT2D eigenvalue weighted by molar-refractivity contribution is -0.146. The second kappa shape index (κ2) is 8.83. The SMILES string of the molecule is CC(=O)c1ccc(S(=O)(=O)N(C)CC(=O)OC(C)C(=O)c2c[nH]c3ccccc23)cc1. The number of aromatic nitrogens is 1. The van der Waals surface area contributed by atoms with E-state index in [1.807, 2.05) is 12.1 Å². The van der Waals surface area contributed by atoms with Gasteiger partial charge >= 0.3 is 5.97 Å². The highest BCUT2D eigenvalue weighted by Crippen LogP contribution is 2.20. The fraction of sp³-hybridized carbons (Fsp3) is 0.227. The molecule has 9 heteroatoms. The number of ketones is 2. The van der Waals surface area contributed by atoms with E-state index in [0.29, 0.717) is 16.5 Å². The molecule has 0 saturated heterocycles. The van der Waals surface area contributed by atoms with Crippen molar-refractivity contribution in [2.45, 2.75) is 24.8 Å². The van der Waals surface area contributed by atoms with Crippen LogP contribution in [0.5, 0.6) is 0 Å². The lowest BCUT2D eigenvalue weighted by atomic mass is 10.1. The second-order valence-electron chi connectivity index (χ2n) is 7.09. The van der Waals surface area contributed by atoms with Gasteiger partial charge in [-0.25, -0.2) is 8.42 Å². The molecule has 1 unspecified atom stereocenters. The number of benzene rings is 2. The van der Waals surface area contributed by atoms with Crippen LogP contribution in [-0.4, -0.2) is 54.9 Å². The maximum Gasteiger partial charge on any atom is 0.322 e. The van der Waals surface area contributed by atoms with E-state index in [2.05, 4.69) is 4.98 Å². The average Bonchev–Trinajstić information content (AvgIpc) is 3.17. The third-order valence-electron chi connectivity index (χ3n) is 4.85. The first-order valence-corrected chi connectivity index (χ1v) is 10.9. The molecule has 162 valence electrons. The van der Waals surface area contributed by atoms with Gasteiger partial charge < -0.3 is 9.72 Å². The maximum absolute atomic E-state index is 12.7. The average molecular weight is 442 g/mol. The fourth-order valence-corrected chi connectivity index (χ4v) is 4.21. The summed E-state index contributed by atoms with van der Waals surface area (Å²) in [5.74, 6) is -1.43. The Morgan fingerprint density at radius 3 is 2.35 bits per heavy atom. The van der Waals surface area contributed by atoms with E-state index in [9.17, 15) is 22.8 Å². The summed E-state index contributed by atoms with van der Waals surface area (Å²) >= 11 is 0. The molecular formula is C22H22N2O6S. The Morgan fingerprint density at radius 1 is 1.06 bits per heavy atom. The van der Waals surface area contributed by atoms with E-state index in [0.717, 1.165) is 9.82 Å². The van der Waals surface area contributed by atoms with Crippen molar-refractivity contribution in [1.29, 1.82) is 0 Å². The van der Waals surface area contributed by atoms with E-state index < -0.39 is 34.4 Å². The van der Waals surface area contributed by atoms with Gasteiger partial charge in [-0.05, 0) is 32.0 Å². The minimum atomic E-state index is -3.97. The summed E-state index contributed by atoms with van der Waals surface area (Å²) in [4.78, 5) is 39.3. The van der Waals surface area contributed by atoms with E-state index in [1.165, 1.54) is 45.2 Å². The van der Waals surface area contributed by atoms with Gasteiger partial charge in [0.25, 0.3) is 0 Å². The Labute approximate surface area is 179 Å². The van der Waals surface area contributed by atoms with Crippen molar-refractivity contribution in [1.82, 2.24) is 9.29 Å². The van der Waals surface area contributed by atoms with Crippen molar-refractivity contribution in [3.63, 3.8) is 0 Å². The van der Waals surface area contributed by atoms with Gasteiger partial charge in [0.05, 0.1) is 4.90 Å². The number of carbonyl (C=O) groups is 3. The Bertz CT molecular complexity index is 1240. The normalized spacial score (nSPS) is 12.6. The number of aromatic amines is 1. The van der Waals surface area contributed by atoms with Gasteiger partial charge in [-0.2, -0.15) is 4.31 Å². The highest BCUT2D eigenvalue weighted by Gasteiger charge is 2.27. The zero-order chi connectivity index (χ0) is 22.8. The number of Topliss-reactive ketones (excluding diaryl/α,β-unsaturated/α-hetero) is 2. The molecular weight excluding hydrogens is 420 g/mol. The molecule has 0 amide bonds. The molecule has 8 nitrogen and oxygen atoms in total. The molecule has 1 heterocycles. The first kappa shape index (κ1) is 22.4. The van der Waals surface area contributed by atoms with Gasteiger partial charge in [0.2, 0.25) is 15.8 Å². The summed E-state index contributed by atoms with van der Waals surface area (Å²) in [5.41, 5.74) is 1.55. The van der Waals surface area contributed by atoms with Crippen LogP contribution in [0.4, 0.5) is 0 Å². The van der Waals surface area contributed by atoms with Crippen LogP contribution >= 0.6 is 0 Å². The number of nitrogens with zero attached hydrogens (tertiary/aromatic N) is 1. The monoisotopic (exact) mass is 442 g/mol. The zero-order valence-electron chi connectivity index (χ0n) is 17.3. The van der Waals surface area contributed by atoms with Crippen LogP contribution in [0.25, 0.3) is 10.9 Å². The van der Waals surface area contributed by atoms with Crippen molar-refractivity contribution >= 4 is 38.5 Å². The summed E-state index contributed by atoms with van der Waals surface area (Å²) in [6, 6.07) is 12.7. The van der Waals surface area contributed by atoms with Gasteiger partial charge in [0.15, 0.2) is 11.9 Å². The summed E-state index contributed by atoms with van der Waals surface area (Å²) < 4.78 is 31.3. The molecule has 0 bridgehead atoms. The van der Waals surface area contributed by atoms with Crippen LogP contribution in [0.3, 0.4) is 0 Å². The minimum absolute atomic E-state index is 0.0595. The predicted molar refractivity (Wildman–Crippen MR) is 114 cm³/mol. The van der Waals surface area contributed by atoms with E-state index in [1.54, 1.807) is 18.3 Å². The molecule has 0 spiro atoms. The van der Waals surface area contributed by atoms with Gasteiger partial charge in [-0.15, -0.1) is 0 Å². The van der Waals surface area contributed by atoms with Crippen molar-refractivity contribution in [2.24, 2.45) is 0 Å². The number of nitrogens with one attached hydrogen (secondary N) is 1. The number of likely N-dealkylation sites (N-methyl/N-ethyl adjacent to an activating group) is 1. The van der Waals surface area contributed by atoms with Crippen molar-refractivity contribution in [2.75, 3.05) is 13.6 Å². The van der Waals surface area contributed by atoms with Crippen LogP contribution in [-0.2, 0) is 19.6 Å². The number of H-pyrrole nitrogens is 1. The van der Waals surface area contributed by atoms with Gasteiger partial charge in [0.1, 0.15) is 6.54 Å². The Kier molecular flexibility index (Phi) is 6.37. The number of sulfonamides is 1. The zero-order valence-corrected chi connectivity index (χ0v) is 18.1. The van der Waals surface area contributed by atoms with Crippen LogP contribution in [0, 0.1) is 0 Å². The number of esters is 1. The molecule has 3 aromatic rings. The molecule has 1 N–H and O–H groups in total. The van der Waals surface area contributed by atoms with Crippen molar-refractivity contribution in [3.8, 4) is 0 Å². The minimum Gasteiger partial charge on any atom is -0.453 e. The van der Waals surface area contributed by atoms with Crippen LogP contribution in [0.15, 0.2) is 59.6 Å². The van der Waals surface area contributed by atoms with Crippen LogP contribution < -0.4 is 0 Å². The summed E-state index contributed by atoms with van der Waals surface area (Å²) in [7, 11) is -2.74. The number of ether oxygens (including phenoxy) is 1. The smallest absolute Gasteiger partial charge is 0.322 e. The Morgan fingerprint density at radius 2 is 1.71 bits per heavy atom. The third-order valence-corrected chi connectivity index (χ3v) is 6.67. The number of carbonyl (C=O) groups excluding carboxylic acids is 3. The van der Waals surface area contributed by atoms with E-state index in [4.69, 9.17) is 4.74 Å². The molecule has 0 aliphatic carbocycles. The molecule has 1 atom stereocenters. The molecule has 0 aliphatic rings. The lowest BCUT2D eigenvalue weighted by Crippen LogP contribution is -2.35. The largest absolute Gasteiger partial charge is 0.453 e. The number of hydrogen-bond acceptors (Lipinski definition) is 6. The lowest BCUT2D eigenvalue weighted by Gasteiger charge is -2.18. The Hall–Kier alpha value is -3.30. The second-order valence-corrected chi connectivity index (χ2v) is 9.13. The van der Waals surface area contributed by atoms with E-state index >= 15 is 0 Å². The van der Waals surface area contributed by atoms with Crippen LogP contribution in [0.1, 0.15) is 34.6 Å². The first-order valence-electron chi connectivity index (χ1n) is 9.48. The molecule has 0 radical (unpaired) electrons. The first-order chi connectivity index (χ1) is 14.6. The molecule has 3 rings (SSSR count). The molecule has 0 aliphatic heterocycles. The van der Waals surface area contributed by atoms with E-state index in [-0.39, 0.29) is 10.7 Å². The topological polar surface area (TPSA) is 114 Å². The third kappa shape index (κ3) is 4.73. The Balaban J connectivity index is 1.66. The molecule has 2 aromatic carbocycles.